The Morgan fingerprint density at radius 3 is 3.05 bits per heavy atom. The van der Waals surface area contributed by atoms with Gasteiger partial charge in [0.25, 0.3) is 0 Å². The summed E-state index contributed by atoms with van der Waals surface area (Å²) in [7, 11) is 0. The first-order chi connectivity index (χ1) is 10.0. The van der Waals surface area contributed by atoms with Crippen LogP contribution >= 0.6 is 0 Å². The predicted molar refractivity (Wildman–Crippen MR) is 79.2 cm³/mol. The average Bonchev–Trinajstić information content (AvgIpc) is 2.98. The summed E-state index contributed by atoms with van der Waals surface area (Å²) in [4.78, 5) is 14.7. The quantitative estimate of drug-likeness (QED) is 0.290. The second-order valence-corrected chi connectivity index (χ2v) is 6.13. The number of nitrogens with one attached hydrogen (secondary N) is 1. The molecule has 2 fully saturated rings. The SMILES string of the molecule is CCC(C)(C(=O)NCC1CN2CCCC2CO1)C(N)=NO. The first-order valence-corrected chi connectivity index (χ1v) is 7.63. The van der Waals surface area contributed by atoms with E-state index in [1.807, 2.05) is 6.92 Å². The third-order valence-electron chi connectivity index (χ3n) is 4.83. The van der Waals surface area contributed by atoms with Gasteiger partial charge in [0.2, 0.25) is 5.91 Å². The van der Waals surface area contributed by atoms with Crippen LogP contribution in [0.1, 0.15) is 33.1 Å². The summed E-state index contributed by atoms with van der Waals surface area (Å²) in [5.74, 6) is -0.292. The highest BCUT2D eigenvalue weighted by atomic mass is 16.5. The van der Waals surface area contributed by atoms with Crippen LogP contribution in [0.25, 0.3) is 0 Å². The van der Waals surface area contributed by atoms with E-state index in [-0.39, 0.29) is 17.8 Å². The van der Waals surface area contributed by atoms with Crippen LogP contribution in [0.2, 0.25) is 0 Å². The van der Waals surface area contributed by atoms with E-state index in [2.05, 4.69) is 15.4 Å². The van der Waals surface area contributed by atoms with Crippen LogP contribution in [0.4, 0.5) is 0 Å². The zero-order valence-corrected chi connectivity index (χ0v) is 12.8. The second-order valence-electron chi connectivity index (χ2n) is 6.13. The Labute approximate surface area is 125 Å². The monoisotopic (exact) mass is 298 g/mol. The number of carbonyl (C=O) groups excluding carboxylic acids is 1. The van der Waals surface area contributed by atoms with Crippen LogP contribution in [0.3, 0.4) is 0 Å². The average molecular weight is 298 g/mol. The molecule has 0 bridgehead atoms. The van der Waals surface area contributed by atoms with Gasteiger partial charge in [0, 0.05) is 19.1 Å². The van der Waals surface area contributed by atoms with Crippen LogP contribution < -0.4 is 11.1 Å². The van der Waals surface area contributed by atoms with E-state index in [4.69, 9.17) is 15.7 Å². The molecular weight excluding hydrogens is 272 g/mol. The Morgan fingerprint density at radius 1 is 1.62 bits per heavy atom. The number of nitrogens with two attached hydrogens (primary N) is 1. The molecule has 2 aliphatic heterocycles. The number of hydrogen-bond acceptors (Lipinski definition) is 5. The van der Waals surface area contributed by atoms with Crippen molar-refractivity contribution in [2.45, 2.75) is 45.3 Å². The molecule has 0 aliphatic carbocycles. The van der Waals surface area contributed by atoms with Crippen molar-refractivity contribution in [2.75, 3.05) is 26.2 Å². The van der Waals surface area contributed by atoms with E-state index in [1.54, 1.807) is 6.92 Å². The van der Waals surface area contributed by atoms with Crippen LogP contribution in [-0.2, 0) is 9.53 Å². The maximum atomic E-state index is 12.3. The lowest BCUT2D eigenvalue weighted by atomic mass is 9.85. The summed E-state index contributed by atoms with van der Waals surface area (Å²) in [5.41, 5.74) is 4.65. The normalized spacial score (nSPS) is 29.7. The first-order valence-electron chi connectivity index (χ1n) is 7.63. The van der Waals surface area contributed by atoms with E-state index in [0.29, 0.717) is 19.0 Å². The van der Waals surface area contributed by atoms with Crippen molar-refractivity contribution in [2.24, 2.45) is 16.3 Å². The number of hydrogen-bond donors (Lipinski definition) is 3. The molecule has 0 aromatic rings. The van der Waals surface area contributed by atoms with Gasteiger partial charge in [-0.25, -0.2) is 0 Å². The van der Waals surface area contributed by atoms with Crippen LogP contribution in [0.5, 0.6) is 0 Å². The Bertz CT molecular complexity index is 415. The van der Waals surface area contributed by atoms with E-state index < -0.39 is 5.41 Å². The maximum Gasteiger partial charge on any atom is 0.233 e. The Kier molecular flexibility index (Phi) is 5.05. The van der Waals surface area contributed by atoms with Gasteiger partial charge in [0.15, 0.2) is 5.84 Å². The number of ether oxygens (including phenoxy) is 1. The minimum Gasteiger partial charge on any atom is -0.409 e. The van der Waals surface area contributed by atoms with Crippen LogP contribution in [-0.4, -0.2) is 60.2 Å². The number of fused-ring (bicyclic) bond motifs is 1. The highest BCUT2D eigenvalue weighted by Gasteiger charge is 2.37. The Balaban J connectivity index is 1.86. The number of carbonyl (C=O) groups is 1. The molecule has 21 heavy (non-hydrogen) atoms. The molecule has 0 aromatic carbocycles. The summed E-state index contributed by atoms with van der Waals surface area (Å²) in [5, 5.41) is 14.7. The summed E-state index contributed by atoms with van der Waals surface area (Å²) in [6.07, 6.45) is 2.91. The number of nitrogens with zero attached hydrogens (tertiary/aromatic N) is 2. The molecule has 0 radical (unpaired) electrons. The molecule has 1 amide bonds. The van der Waals surface area contributed by atoms with E-state index >= 15 is 0 Å². The molecule has 7 heteroatoms. The number of rotatable bonds is 5. The van der Waals surface area contributed by atoms with Crippen LogP contribution in [0.15, 0.2) is 5.16 Å². The minimum atomic E-state index is -0.987. The van der Waals surface area contributed by atoms with Crippen molar-refractivity contribution < 1.29 is 14.7 Å². The van der Waals surface area contributed by atoms with Gasteiger partial charge in [-0.2, -0.15) is 0 Å². The molecule has 4 N–H and O–H groups in total. The third kappa shape index (κ3) is 3.29. The molecule has 7 nitrogen and oxygen atoms in total. The fourth-order valence-corrected chi connectivity index (χ4v) is 2.98. The molecule has 120 valence electrons. The van der Waals surface area contributed by atoms with Crippen LogP contribution in [0, 0.1) is 5.41 Å². The lowest BCUT2D eigenvalue weighted by Gasteiger charge is -2.35. The standard InChI is InChI=1S/C14H26N4O3/c1-3-14(2,12(15)17-20)13(19)16-7-11-8-18-6-4-5-10(18)9-21-11/h10-11,20H,3-9H2,1-2H3,(H2,15,17)(H,16,19). The van der Waals surface area contributed by atoms with Crippen molar-refractivity contribution in [1.29, 1.82) is 0 Å². The highest BCUT2D eigenvalue weighted by molar-refractivity contribution is 6.06. The van der Waals surface area contributed by atoms with Gasteiger partial charge in [-0.15, -0.1) is 0 Å². The maximum absolute atomic E-state index is 12.3. The fourth-order valence-electron chi connectivity index (χ4n) is 2.98. The van der Waals surface area contributed by atoms with E-state index in [1.165, 1.54) is 12.8 Å². The number of amidine groups is 1. The molecule has 2 aliphatic rings. The van der Waals surface area contributed by atoms with Gasteiger partial charge >= 0.3 is 0 Å². The molecule has 3 unspecified atom stereocenters. The van der Waals surface area contributed by atoms with E-state index in [9.17, 15) is 4.79 Å². The lowest BCUT2D eigenvalue weighted by Crippen LogP contribution is -2.53. The van der Waals surface area contributed by atoms with Gasteiger partial charge in [-0.3, -0.25) is 9.69 Å². The first kappa shape index (κ1) is 16.0. The number of morpholine rings is 1. The Morgan fingerprint density at radius 2 is 2.38 bits per heavy atom. The third-order valence-corrected chi connectivity index (χ3v) is 4.83. The van der Waals surface area contributed by atoms with Crippen molar-refractivity contribution in [3.8, 4) is 0 Å². The van der Waals surface area contributed by atoms with Gasteiger partial charge in [-0.1, -0.05) is 12.1 Å². The molecule has 0 saturated carbocycles. The van der Waals surface area contributed by atoms with Crippen molar-refractivity contribution in [1.82, 2.24) is 10.2 Å². The molecule has 2 heterocycles. The summed E-state index contributed by atoms with van der Waals surface area (Å²) < 4.78 is 5.81. The topological polar surface area (TPSA) is 100 Å². The van der Waals surface area contributed by atoms with Crippen molar-refractivity contribution in [3.63, 3.8) is 0 Å². The molecule has 3 atom stereocenters. The van der Waals surface area contributed by atoms with E-state index in [0.717, 1.165) is 19.7 Å². The predicted octanol–water partition coefficient (Wildman–Crippen LogP) is 0.129. The highest BCUT2D eigenvalue weighted by Crippen LogP contribution is 2.23. The zero-order chi connectivity index (χ0) is 15.5. The van der Waals surface area contributed by atoms with Gasteiger partial charge in [0.05, 0.1) is 12.7 Å². The second kappa shape index (κ2) is 6.62. The van der Waals surface area contributed by atoms with Gasteiger partial charge in [0.1, 0.15) is 5.41 Å². The summed E-state index contributed by atoms with van der Waals surface area (Å²) >= 11 is 0. The molecule has 2 saturated heterocycles. The number of oxime groups is 1. The molecule has 2 rings (SSSR count). The number of amides is 1. The molecule has 0 aromatic heterocycles. The lowest BCUT2D eigenvalue weighted by molar-refractivity contribution is -0.128. The van der Waals surface area contributed by atoms with Crippen molar-refractivity contribution >= 4 is 11.7 Å². The van der Waals surface area contributed by atoms with Gasteiger partial charge in [-0.05, 0) is 32.7 Å². The Hall–Kier alpha value is -1.34. The summed E-state index contributed by atoms with van der Waals surface area (Å²) in [6.45, 7) is 6.69. The van der Waals surface area contributed by atoms with Crippen molar-refractivity contribution in [3.05, 3.63) is 0 Å². The smallest absolute Gasteiger partial charge is 0.233 e. The fraction of sp³-hybridized carbons (Fsp3) is 0.857. The zero-order valence-electron chi connectivity index (χ0n) is 12.8. The summed E-state index contributed by atoms with van der Waals surface area (Å²) in [6, 6.07) is 0.551. The molecular formula is C14H26N4O3. The minimum absolute atomic E-state index is 0.0108. The molecule has 0 spiro atoms. The largest absolute Gasteiger partial charge is 0.409 e. The van der Waals surface area contributed by atoms with Gasteiger partial charge < -0.3 is 21.0 Å².